The summed E-state index contributed by atoms with van der Waals surface area (Å²) in [5, 5.41) is 0.709. The molecule has 2 aromatic carbocycles. The lowest BCUT2D eigenvalue weighted by molar-refractivity contribution is -0.142. The highest BCUT2D eigenvalue weighted by molar-refractivity contribution is 6.64. The molecule has 472 valence electrons. The molecular formula is C71H88Cl3N11O4. The van der Waals surface area contributed by atoms with E-state index in [0.29, 0.717) is 72.4 Å². The van der Waals surface area contributed by atoms with Crippen LogP contribution in [0.25, 0.3) is 44.6 Å². The van der Waals surface area contributed by atoms with Gasteiger partial charge >= 0.3 is 0 Å². The minimum Gasteiger partial charge on any atom is -0.342 e. The van der Waals surface area contributed by atoms with Gasteiger partial charge in [0.15, 0.2) is 10.3 Å². The number of piperidine rings is 3. The number of aromatic nitrogens is 6. The van der Waals surface area contributed by atoms with Crippen molar-refractivity contribution >= 4 is 91.2 Å². The summed E-state index contributed by atoms with van der Waals surface area (Å²) in [6.45, 7) is 17.3. The van der Waals surface area contributed by atoms with E-state index in [0.717, 1.165) is 126 Å². The van der Waals surface area contributed by atoms with Gasteiger partial charge in [-0.15, -0.1) is 0 Å². The van der Waals surface area contributed by atoms with E-state index in [9.17, 15) is 19.2 Å². The van der Waals surface area contributed by atoms with Crippen molar-refractivity contribution in [2.45, 2.75) is 223 Å². The molecule has 0 unspecified atom stereocenters. The molecule has 6 aromatic rings. The van der Waals surface area contributed by atoms with Gasteiger partial charge in [-0.1, -0.05) is 121 Å². The smallest absolute Gasteiger partial charge is 0.238 e. The van der Waals surface area contributed by atoms with Crippen molar-refractivity contribution in [1.29, 1.82) is 0 Å². The second-order valence-electron chi connectivity index (χ2n) is 30.0. The van der Waals surface area contributed by atoms with Crippen LogP contribution in [0.3, 0.4) is 0 Å². The van der Waals surface area contributed by atoms with E-state index in [1.165, 1.54) is 89.5 Å². The van der Waals surface area contributed by atoms with E-state index in [1.54, 1.807) is 20.8 Å². The van der Waals surface area contributed by atoms with Crippen LogP contribution in [0.5, 0.6) is 0 Å². The van der Waals surface area contributed by atoms with Crippen LogP contribution in [0.2, 0.25) is 10.3 Å². The van der Waals surface area contributed by atoms with Crippen LogP contribution in [0.15, 0.2) is 61.2 Å². The Morgan fingerprint density at radius 3 is 1.27 bits per heavy atom. The number of hydrogen-bond donors (Lipinski definition) is 0. The topological polar surface area (TPSA) is 146 Å². The van der Waals surface area contributed by atoms with Gasteiger partial charge in [0.1, 0.15) is 11.0 Å². The van der Waals surface area contributed by atoms with Crippen molar-refractivity contribution in [3.8, 4) is 22.5 Å². The summed E-state index contributed by atoms with van der Waals surface area (Å²) in [4.78, 5) is 82.9. The number of fused-ring (bicyclic) bond motifs is 6. The number of imidazole rings is 2. The van der Waals surface area contributed by atoms with Gasteiger partial charge in [-0.25, -0.2) is 19.9 Å². The fourth-order valence-electron chi connectivity index (χ4n) is 16.2. The van der Waals surface area contributed by atoms with Gasteiger partial charge in [0.05, 0.1) is 45.9 Å². The molecule has 8 fully saturated rings. The zero-order valence-electron chi connectivity index (χ0n) is 53.0. The minimum absolute atomic E-state index is 0.163. The van der Waals surface area contributed by atoms with Crippen molar-refractivity contribution in [3.05, 3.63) is 82.6 Å². The van der Waals surface area contributed by atoms with Crippen LogP contribution in [-0.4, -0.2) is 130 Å². The minimum atomic E-state index is -0.587. The summed E-state index contributed by atoms with van der Waals surface area (Å²) in [7, 11) is 0. The average molecular weight is 1270 g/mol. The maximum absolute atomic E-state index is 14.6. The lowest BCUT2D eigenvalue weighted by Gasteiger charge is -2.48. The lowest BCUT2D eigenvalue weighted by Crippen LogP contribution is -2.58. The molecule has 5 saturated carbocycles. The van der Waals surface area contributed by atoms with E-state index in [2.05, 4.69) is 81.2 Å². The van der Waals surface area contributed by atoms with Gasteiger partial charge in [-0.3, -0.25) is 19.2 Å². The van der Waals surface area contributed by atoms with Crippen LogP contribution in [-0.2, 0) is 30.0 Å². The van der Waals surface area contributed by atoms with Crippen LogP contribution < -0.4 is 9.80 Å². The maximum Gasteiger partial charge on any atom is 0.238 e. The first kappa shape index (κ1) is 61.1. The number of carbonyl (C=O) groups is 4. The number of anilines is 2. The third-order valence-corrected chi connectivity index (χ3v) is 23.0. The number of nitrogens with zero attached hydrogens (tertiary/aromatic N) is 11. The number of likely N-dealkylation sites (tertiary alicyclic amines) is 3. The predicted octanol–water partition coefficient (Wildman–Crippen LogP) is 14.8. The molecule has 2 spiro atoms. The Morgan fingerprint density at radius 2 is 0.888 bits per heavy atom. The Hall–Kier alpha value is -5.45. The Bertz CT molecular complexity index is 3720. The fraction of sp³-hybridized carbons (Fsp3) is 0.606. The van der Waals surface area contributed by atoms with Crippen LogP contribution in [0.1, 0.15) is 200 Å². The summed E-state index contributed by atoms with van der Waals surface area (Å²) in [5.41, 5.74) is 9.97. The molecule has 89 heavy (non-hydrogen) atoms. The van der Waals surface area contributed by atoms with Crippen molar-refractivity contribution in [1.82, 2.24) is 43.8 Å². The molecule has 0 radical (unpaired) electrons. The Morgan fingerprint density at radius 1 is 0.494 bits per heavy atom. The second kappa shape index (κ2) is 23.6. The molecule has 18 heteroatoms. The second-order valence-corrected chi connectivity index (χ2v) is 31.0. The van der Waals surface area contributed by atoms with E-state index in [4.69, 9.17) is 44.8 Å². The highest BCUT2D eigenvalue weighted by atomic mass is 35.5. The van der Waals surface area contributed by atoms with E-state index in [-0.39, 0.29) is 33.9 Å². The number of amides is 3. The number of benzene rings is 2. The van der Waals surface area contributed by atoms with E-state index < -0.39 is 10.8 Å². The van der Waals surface area contributed by atoms with Crippen LogP contribution in [0, 0.1) is 10.8 Å². The third-order valence-electron chi connectivity index (χ3n) is 21.9. The fourth-order valence-corrected chi connectivity index (χ4v) is 16.8. The van der Waals surface area contributed by atoms with Gasteiger partial charge in [0, 0.05) is 82.7 Å². The summed E-state index contributed by atoms with van der Waals surface area (Å²) in [6, 6.07) is 19.8. The number of hydrogen-bond acceptors (Lipinski definition) is 10. The summed E-state index contributed by atoms with van der Waals surface area (Å²) in [5.74, 6) is 0.742. The number of pyridine rings is 2. The summed E-state index contributed by atoms with van der Waals surface area (Å²) < 4.78 is 4.34. The molecule has 16 rings (SSSR count). The first-order valence-electron chi connectivity index (χ1n) is 33.7. The van der Waals surface area contributed by atoms with Crippen molar-refractivity contribution < 1.29 is 19.2 Å². The Kier molecular flexibility index (Phi) is 16.2. The third kappa shape index (κ3) is 11.2. The Balaban J connectivity index is 0.000000142. The van der Waals surface area contributed by atoms with Gasteiger partial charge in [0.2, 0.25) is 23.0 Å². The number of rotatable bonds is 8. The summed E-state index contributed by atoms with van der Waals surface area (Å²) in [6.07, 6.45) is 27.4. The molecule has 0 atom stereocenters. The number of carbonyl (C=O) groups excluding carboxylic acids is 4. The average Bonchev–Trinajstić information content (AvgIpc) is 1.59. The molecule has 3 saturated heterocycles. The largest absolute Gasteiger partial charge is 0.342 e. The predicted molar refractivity (Wildman–Crippen MR) is 354 cm³/mol. The van der Waals surface area contributed by atoms with Crippen LogP contribution >= 0.6 is 34.8 Å². The van der Waals surface area contributed by atoms with E-state index in [1.807, 2.05) is 44.4 Å². The first-order chi connectivity index (χ1) is 42.7. The molecule has 5 aliphatic carbocycles. The zero-order chi connectivity index (χ0) is 61.9. The lowest BCUT2D eigenvalue weighted by atomic mass is 9.70. The molecule has 5 aliphatic heterocycles. The monoisotopic (exact) mass is 1260 g/mol. The maximum atomic E-state index is 14.6. The van der Waals surface area contributed by atoms with Gasteiger partial charge < -0.3 is 33.6 Å². The number of halogens is 3. The highest BCUT2D eigenvalue weighted by Gasteiger charge is 2.57. The van der Waals surface area contributed by atoms with Gasteiger partial charge in [0.25, 0.3) is 0 Å². The molecular weight excluding hydrogens is 1180 g/mol. The van der Waals surface area contributed by atoms with Crippen molar-refractivity contribution in [2.24, 2.45) is 10.8 Å². The van der Waals surface area contributed by atoms with Crippen molar-refractivity contribution in [2.75, 3.05) is 49.1 Å². The molecule has 9 heterocycles. The normalized spacial score (nSPS) is 25.1. The highest BCUT2D eigenvalue weighted by Crippen LogP contribution is 2.55. The van der Waals surface area contributed by atoms with Gasteiger partial charge in [-0.2, -0.15) is 0 Å². The summed E-state index contributed by atoms with van der Waals surface area (Å²) >= 11 is 18.6. The SMILES string of the molecule is CC(C)(C)C(=O)Cl.CC(C)(C)C(=O)N1CCC2(CC1)C(=O)N(C1CC(N3CCCCC3)C1)c1cc(-c3cc4ncn(C5CC5)c4c(Cl)n3)ccc12.O=C1N(C2CC(N3CCCCC3)C2)c2cc(-c3cc4ncn(C5CC5)c4c(Cl)n3)ccc2C12CCCCC2. The molecule has 4 aromatic heterocycles. The molecule has 10 aliphatic rings. The zero-order valence-corrected chi connectivity index (χ0v) is 55.3. The molecule has 3 amide bonds. The first-order valence-corrected chi connectivity index (χ1v) is 34.8. The standard InChI is InChI=1S/C35H43ClN6O2.C31H36ClN5O.C5H9ClO/c1-34(2,3)32(43)40-15-11-35(12-16-40)26-10-7-22(27-20-28-30(31(36)38-27)41(21-37-28)23-8-9-23)17-29(26)42(33(35)44)25-18-24(19-25)39-13-5-4-6-14-39;32-29-28-26(33-19-36(28)21-8-9-21)18-25(34-29)20-7-10-24-27(15-20)37(30(38)31(24)11-3-1-4-12-31)23-16-22(17-23)35-13-5-2-6-14-35;1-5(2,3)4(6)7/h7,10,17,20-21,23-25H,4-6,8-9,11-16,18-19H2,1-3H3;7,10,15,18-19,21-23H,1-6,8-9,11-14,16-17H2;1-3H3. The van der Waals surface area contributed by atoms with Crippen molar-refractivity contribution in [3.63, 3.8) is 0 Å². The molecule has 0 bridgehead atoms. The van der Waals surface area contributed by atoms with Crippen LogP contribution in [0.4, 0.5) is 11.4 Å². The quantitative estimate of drug-likeness (QED) is 0.107. The molecule has 15 nitrogen and oxygen atoms in total. The molecule has 0 N–H and O–H groups in total. The van der Waals surface area contributed by atoms with E-state index >= 15 is 0 Å². The van der Waals surface area contributed by atoms with Gasteiger partial charge in [-0.05, 0) is 176 Å². The Labute approximate surface area is 539 Å².